The number of benzene rings is 1. The fourth-order valence-electron chi connectivity index (χ4n) is 2.26. The van der Waals surface area contributed by atoms with Gasteiger partial charge in [-0.3, -0.25) is 4.79 Å². The molecule has 0 saturated heterocycles. The summed E-state index contributed by atoms with van der Waals surface area (Å²) in [6, 6.07) is 4.17. The van der Waals surface area contributed by atoms with E-state index in [1.54, 1.807) is 0 Å². The molecule has 1 aromatic rings. The molecule has 0 saturated carbocycles. The summed E-state index contributed by atoms with van der Waals surface area (Å²) < 4.78 is 42.0. The zero-order valence-electron chi connectivity index (χ0n) is 12.3. The van der Waals surface area contributed by atoms with Crippen molar-refractivity contribution in [3.8, 4) is 5.75 Å². The van der Waals surface area contributed by atoms with E-state index in [0.29, 0.717) is 25.1 Å². The first kappa shape index (κ1) is 16.4. The Morgan fingerprint density at radius 3 is 2.59 bits per heavy atom. The van der Waals surface area contributed by atoms with Gasteiger partial charge >= 0.3 is 6.36 Å². The lowest BCUT2D eigenvalue weighted by Crippen LogP contribution is -2.23. The van der Waals surface area contributed by atoms with Crippen LogP contribution in [0.25, 0.3) is 5.57 Å². The molecule has 4 nitrogen and oxygen atoms in total. The highest BCUT2D eigenvalue weighted by Gasteiger charge is 2.33. The molecule has 0 atom stereocenters. The van der Waals surface area contributed by atoms with Crippen molar-refractivity contribution in [2.24, 2.45) is 0 Å². The van der Waals surface area contributed by atoms with E-state index < -0.39 is 6.36 Å². The maximum Gasteiger partial charge on any atom is 0.573 e. The van der Waals surface area contributed by atoms with E-state index in [2.05, 4.69) is 10.1 Å². The number of alkyl halides is 3. The van der Waals surface area contributed by atoms with Crippen LogP contribution in [0, 0.1) is 0 Å². The van der Waals surface area contributed by atoms with Crippen LogP contribution in [0.4, 0.5) is 13.2 Å². The van der Waals surface area contributed by atoms with Crippen molar-refractivity contribution in [2.45, 2.75) is 12.8 Å². The van der Waals surface area contributed by atoms with Gasteiger partial charge in [0.1, 0.15) is 5.75 Å². The van der Waals surface area contributed by atoms with Gasteiger partial charge in [-0.15, -0.1) is 13.2 Å². The Hall–Kier alpha value is -2.02. The van der Waals surface area contributed by atoms with Crippen molar-refractivity contribution >= 4 is 11.5 Å². The summed E-state index contributed by atoms with van der Waals surface area (Å²) in [5.41, 5.74) is 1.30. The number of nitrogens with one attached hydrogen (secondary N) is 1. The number of carbonyl (C=O) groups is 1. The summed E-state index contributed by atoms with van der Waals surface area (Å²) in [6.45, 7) is 1.29. The molecule has 0 aliphatic carbocycles. The van der Waals surface area contributed by atoms with Crippen LogP contribution in [0.1, 0.15) is 22.3 Å². The minimum absolute atomic E-state index is 0.155. The highest BCUT2D eigenvalue weighted by Crippen LogP contribution is 2.34. The molecule has 0 radical (unpaired) electrons. The smallest absolute Gasteiger partial charge is 0.405 e. The van der Waals surface area contributed by atoms with E-state index in [1.165, 1.54) is 31.1 Å². The lowest BCUT2D eigenvalue weighted by Gasteiger charge is -2.20. The summed E-state index contributed by atoms with van der Waals surface area (Å²) in [5.74, 6) is -0.716. The van der Waals surface area contributed by atoms with Gasteiger partial charge in [0, 0.05) is 31.8 Å². The number of carbonyl (C=O) groups excluding carboxylic acids is 1. The average Bonchev–Trinajstić information content (AvgIpc) is 2.45. The van der Waals surface area contributed by atoms with E-state index in [4.69, 9.17) is 0 Å². The topological polar surface area (TPSA) is 41.6 Å². The van der Waals surface area contributed by atoms with Crippen LogP contribution in [0.3, 0.4) is 0 Å². The molecule has 120 valence electrons. The Bertz CT molecular complexity index is 595. The van der Waals surface area contributed by atoms with Crippen LogP contribution in [-0.4, -0.2) is 44.4 Å². The fourth-order valence-corrected chi connectivity index (χ4v) is 2.26. The van der Waals surface area contributed by atoms with E-state index in [9.17, 15) is 18.0 Å². The first-order valence-electron chi connectivity index (χ1n) is 6.79. The second-order valence-corrected chi connectivity index (χ2v) is 5.14. The maximum atomic E-state index is 12.6. The molecule has 0 bridgehead atoms. The molecule has 2 rings (SSSR count). The predicted molar refractivity (Wildman–Crippen MR) is 76.6 cm³/mol. The highest BCUT2D eigenvalue weighted by molar-refractivity contribution is 5.95. The third-order valence-electron chi connectivity index (χ3n) is 3.27. The highest BCUT2D eigenvalue weighted by atomic mass is 19.4. The Labute approximate surface area is 126 Å². The summed E-state index contributed by atoms with van der Waals surface area (Å²) in [7, 11) is 3.08. The summed E-state index contributed by atoms with van der Waals surface area (Å²) in [6.07, 6.45) is -2.37. The van der Waals surface area contributed by atoms with Gasteiger partial charge in [0.05, 0.1) is 0 Å². The number of halogens is 3. The second-order valence-electron chi connectivity index (χ2n) is 5.14. The molecule has 0 spiro atoms. The van der Waals surface area contributed by atoms with E-state index >= 15 is 0 Å². The largest absolute Gasteiger partial charge is 0.573 e. The summed E-state index contributed by atoms with van der Waals surface area (Å²) >= 11 is 0. The zero-order chi connectivity index (χ0) is 16.3. The molecule has 1 aliphatic rings. The van der Waals surface area contributed by atoms with E-state index in [1.807, 2.05) is 6.08 Å². The van der Waals surface area contributed by atoms with Crippen LogP contribution in [0.5, 0.6) is 5.75 Å². The van der Waals surface area contributed by atoms with Crippen LogP contribution in [0.2, 0.25) is 0 Å². The zero-order valence-corrected chi connectivity index (χ0v) is 12.3. The van der Waals surface area contributed by atoms with Gasteiger partial charge in [0.15, 0.2) is 0 Å². The molecule has 0 aromatic heterocycles. The third-order valence-corrected chi connectivity index (χ3v) is 3.27. The molecule has 22 heavy (non-hydrogen) atoms. The van der Waals surface area contributed by atoms with Gasteiger partial charge in [-0.1, -0.05) is 12.1 Å². The van der Waals surface area contributed by atoms with Crippen molar-refractivity contribution < 1.29 is 22.7 Å². The van der Waals surface area contributed by atoms with E-state index in [-0.39, 0.29) is 17.2 Å². The SMILES string of the molecule is CN(C)C(=O)c1ccc(C2=CCNCC2)c(OC(F)(F)F)c1. The molecule has 1 N–H and O–H groups in total. The van der Waals surface area contributed by atoms with Crippen molar-refractivity contribution in [3.63, 3.8) is 0 Å². The molecular formula is C15H17F3N2O2. The number of hydrogen-bond donors (Lipinski definition) is 1. The first-order valence-corrected chi connectivity index (χ1v) is 6.79. The number of ether oxygens (including phenoxy) is 1. The quantitative estimate of drug-likeness (QED) is 0.932. The van der Waals surface area contributed by atoms with Crippen LogP contribution < -0.4 is 10.1 Å². The molecule has 1 aromatic carbocycles. The second kappa shape index (κ2) is 6.39. The van der Waals surface area contributed by atoms with Gasteiger partial charge < -0.3 is 15.0 Å². The fraction of sp³-hybridized carbons (Fsp3) is 0.400. The van der Waals surface area contributed by atoms with Crippen LogP contribution >= 0.6 is 0 Å². The first-order chi connectivity index (χ1) is 10.3. The van der Waals surface area contributed by atoms with Gasteiger partial charge in [0.2, 0.25) is 0 Å². The molecular weight excluding hydrogens is 297 g/mol. The van der Waals surface area contributed by atoms with Crippen molar-refractivity contribution in [2.75, 3.05) is 27.2 Å². The van der Waals surface area contributed by atoms with Crippen LogP contribution in [0.15, 0.2) is 24.3 Å². The molecule has 7 heteroatoms. The summed E-state index contributed by atoms with van der Waals surface area (Å²) in [4.78, 5) is 13.2. The third kappa shape index (κ3) is 4.00. The van der Waals surface area contributed by atoms with E-state index in [0.717, 1.165) is 11.6 Å². The van der Waals surface area contributed by atoms with Crippen molar-refractivity contribution in [1.29, 1.82) is 0 Å². The molecule has 1 heterocycles. The lowest BCUT2D eigenvalue weighted by atomic mass is 9.97. The minimum atomic E-state index is -4.80. The monoisotopic (exact) mass is 314 g/mol. The van der Waals surface area contributed by atoms with Crippen molar-refractivity contribution in [1.82, 2.24) is 10.2 Å². The predicted octanol–water partition coefficient (Wildman–Crippen LogP) is 2.66. The number of amides is 1. The number of hydrogen-bond acceptors (Lipinski definition) is 3. The Morgan fingerprint density at radius 2 is 2.05 bits per heavy atom. The minimum Gasteiger partial charge on any atom is -0.405 e. The van der Waals surface area contributed by atoms with Gasteiger partial charge in [0.25, 0.3) is 5.91 Å². The lowest BCUT2D eigenvalue weighted by molar-refractivity contribution is -0.274. The molecule has 0 fully saturated rings. The van der Waals surface area contributed by atoms with Crippen molar-refractivity contribution in [3.05, 3.63) is 35.4 Å². The summed E-state index contributed by atoms with van der Waals surface area (Å²) in [5, 5.41) is 3.10. The Balaban J connectivity index is 2.44. The normalized spacial score (nSPS) is 15.2. The Morgan fingerprint density at radius 1 is 1.32 bits per heavy atom. The van der Waals surface area contributed by atoms with Gasteiger partial charge in [-0.05, 0) is 30.7 Å². The average molecular weight is 314 g/mol. The van der Waals surface area contributed by atoms with Crippen LogP contribution in [-0.2, 0) is 0 Å². The maximum absolute atomic E-state index is 12.6. The van der Waals surface area contributed by atoms with Gasteiger partial charge in [-0.25, -0.2) is 0 Å². The molecule has 1 amide bonds. The Kier molecular flexibility index (Phi) is 4.75. The van der Waals surface area contributed by atoms with Gasteiger partial charge in [-0.2, -0.15) is 0 Å². The molecule has 0 unspecified atom stereocenters. The number of rotatable bonds is 3. The molecule has 1 aliphatic heterocycles. The number of nitrogens with zero attached hydrogens (tertiary/aromatic N) is 1. The standard InChI is InChI=1S/C15H17F3N2O2/c1-20(2)14(21)11-3-4-12(10-5-7-19-8-6-10)13(9-11)22-15(16,17)18/h3-5,9,19H,6-8H2,1-2H3.